The van der Waals surface area contributed by atoms with E-state index in [9.17, 15) is 13.2 Å². The Morgan fingerprint density at radius 2 is 1.94 bits per heavy atom. The van der Waals surface area contributed by atoms with Gasteiger partial charge in [0.1, 0.15) is 12.1 Å². The lowest BCUT2D eigenvalue weighted by atomic mass is 10.1. The number of carbonyl (C=O) groups excluding carboxylic acids is 1. The third-order valence-corrected chi connectivity index (χ3v) is 7.84. The van der Waals surface area contributed by atoms with Gasteiger partial charge in [-0.3, -0.25) is 4.79 Å². The molecule has 0 saturated carbocycles. The molecule has 0 aliphatic heterocycles. The number of nitrogens with two attached hydrogens (primary N) is 1. The number of sulfonamides is 1. The summed E-state index contributed by atoms with van der Waals surface area (Å²) in [7, 11) is -2.37. The van der Waals surface area contributed by atoms with Crippen LogP contribution in [0.1, 0.15) is 15.2 Å². The molecule has 0 aliphatic rings. The smallest absolute Gasteiger partial charge is 0.253 e. The van der Waals surface area contributed by atoms with Gasteiger partial charge in [0.15, 0.2) is 0 Å². The number of aliphatic hydroxyl groups excluding tert-OH is 1. The van der Waals surface area contributed by atoms with Crippen molar-refractivity contribution in [2.75, 3.05) is 31.2 Å². The Bertz CT molecular complexity index is 1490. The summed E-state index contributed by atoms with van der Waals surface area (Å²) in [5.74, 6) is 0.00333. The molecule has 0 spiro atoms. The molecule has 0 saturated heterocycles. The number of hydrogen-bond donors (Lipinski definition) is 5. The quantitative estimate of drug-likeness (QED) is 0.228. The number of carbonyl (C=O) groups is 1. The number of fused-ring (bicyclic) bond motifs is 1. The summed E-state index contributed by atoms with van der Waals surface area (Å²) in [5.41, 5.74) is 8.45. The van der Waals surface area contributed by atoms with Gasteiger partial charge >= 0.3 is 0 Å². The molecular formula is C23H24N6O4S2. The minimum atomic E-state index is -3.85. The molecule has 2 aromatic carbocycles. The van der Waals surface area contributed by atoms with Crippen LogP contribution >= 0.6 is 11.3 Å². The monoisotopic (exact) mass is 512 g/mol. The number of aliphatic hydroxyl groups is 1. The number of nitrogens with one attached hydrogen (secondary N) is 3. The van der Waals surface area contributed by atoms with Gasteiger partial charge in [-0.2, -0.15) is 0 Å². The second kappa shape index (κ2) is 10.4. The highest BCUT2D eigenvalue weighted by Gasteiger charge is 2.19. The van der Waals surface area contributed by atoms with Crippen LogP contribution in [0, 0.1) is 0 Å². The van der Waals surface area contributed by atoms with Crippen LogP contribution in [0.25, 0.3) is 21.3 Å². The molecule has 10 nitrogen and oxygen atoms in total. The van der Waals surface area contributed by atoms with Crippen molar-refractivity contribution in [3.05, 3.63) is 65.3 Å². The van der Waals surface area contributed by atoms with Crippen molar-refractivity contribution < 1.29 is 18.3 Å². The molecule has 0 fully saturated rings. The van der Waals surface area contributed by atoms with Crippen molar-refractivity contribution in [2.24, 2.45) is 0 Å². The Labute approximate surface area is 206 Å². The second-order valence-electron chi connectivity index (χ2n) is 7.52. The fourth-order valence-corrected chi connectivity index (χ4v) is 5.46. The zero-order chi connectivity index (χ0) is 25.0. The second-order valence-corrected chi connectivity index (χ2v) is 10.5. The van der Waals surface area contributed by atoms with Crippen molar-refractivity contribution in [2.45, 2.75) is 11.4 Å². The Morgan fingerprint density at radius 1 is 1.11 bits per heavy atom. The van der Waals surface area contributed by atoms with E-state index >= 15 is 0 Å². The van der Waals surface area contributed by atoms with Gasteiger partial charge in [-0.15, -0.1) is 11.3 Å². The zero-order valence-corrected chi connectivity index (χ0v) is 20.4. The number of thiophene rings is 1. The molecule has 4 rings (SSSR count). The molecule has 0 radical (unpaired) electrons. The topological polar surface area (TPSA) is 159 Å². The predicted molar refractivity (Wildman–Crippen MR) is 137 cm³/mol. The normalized spacial score (nSPS) is 11.5. The Morgan fingerprint density at radius 3 is 2.71 bits per heavy atom. The lowest BCUT2D eigenvalue weighted by Crippen LogP contribution is -2.27. The van der Waals surface area contributed by atoms with Crippen LogP contribution in [-0.4, -0.2) is 49.6 Å². The number of hydrogen-bond acceptors (Lipinski definition) is 9. The number of nitrogens with zero attached hydrogens (tertiary/aromatic N) is 2. The highest BCUT2D eigenvalue weighted by atomic mass is 32.2. The summed E-state index contributed by atoms with van der Waals surface area (Å²) >= 11 is 1.58. The van der Waals surface area contributed by atoms with Crippen LogP contribution in [-0.2, 0) is 16.6 Å². The molecule has 0 bridgehead atoms. The van der Waals surface area contributed by atoms with E-state index in [1.165, 1.54) is 25.5 Å². The Balaban J connectivity index is 1.55. The third kappa shape index (κ3) is 5.41. The maximum absolute atomic E-state index is 12.4. The van der Waals surface area contributed by atoms with Gasteiger partial charge in [-0.1, -0.05) is 6.07 Å². The lowest BCUT2D eigenvalue weighted by molar-refractivity contribution is 0.0963. The van der Waals surface area contributed by atoms with E-state index in [0.717, 1.165) is 26.2 Å². The van der Waals surface area contributed by atoms with Gasteiger partial charge in [0.2, 0.25) is 10.0 Å². The van der Waals surface area contributed by atoms with E-state index in [4.69, 9.17) is 10.8 Å². The summed E-state index contributed by atoms with van der Waals surface area (Å²) < 4.78 is 27.1. The summed E-state index contributed by atoms with van der Waals surface area (Å²) in [6.07, 6.45) is 1.44. The fourth-order valence-electron chi connectivity index (χ4n) is 3.47. The first-order valence-corrected chi connectivity index (χ1v) is 12.9. The highest BCUT2D eigenvalue weighted by Crippen LogP contribution is 2.32. The van der Waals surface area contributed by atoms with Crippen LogP contribution < -0.4 is 21.1 Å². The van der Waals surface area contributed by atoms with Gasteiger partial charge in [0, 0.05) is 41.0 Å². The largest absolute Gasteiger partial charge is 0.395 e. The molecule has 2 aromatic heterocycles. The van der Waals surface area contributed by atoms with Gasteiger partial charge in [-0.05, 0) is 48.0 Å². The molecule has 182 valence electrons. The summed E-state index contributed by atoms with van der Waals surface area (Å²) in [5, 5.41) is 15.4. The van der Waals surface area contributed by atoms with E-state index in [0.29, 0.717) is 18.1 Å². The van der Waals surface area contributed by atoms with Crippen molar-refractivity contribution in [3.63, 3.8) is 0 Å². The first-order valence-electron chi connectivity index (χ1n) is 10.6. The fraction of sp³-hybridized carbons (Fsp3) is 0.174. The van der Waals surface area contributed by atoms with Crippen LogP contribution in [0.5, 0.6) is 0 Å². The van der Waals surface area contributed by atoms with Crippen LogP contribution in [0.3, 0.4) is 0 Å². The molecule has 1 amide bonds. The van der Waals surface area contributed by atoms with E-state index in [-0.39, 0.29) is 23.6 Å². The number of aromatic nitrogens is 2. The van der Waals surface area contributed by atoms with E-state index in [1.807, 2.05) is 30.3 Å². The average molecular weight is 513 g/mol. The molecular weight excluding hydrogens is 488 g/mol. The van der Waals surface area contributed by atoms with E-state index in [2.05, 4.69) is 25.3 Å². The molecule has 12 heteroatoms. The van der Waals surface area contributed by atoms with Crippen molar-refractivity contribution in [1.29, 1.82) is 0 Å². The molecule has 6 N–H and O–H groups in total. The molecule has 0 atom stereocenters. The van der Waals surface area contributed by atoms with Gasteiger partial charge in [-0.25, -0.2) is 23.1 Å². The summed E-state index contributed by atoms with van der Waals surface area (Å²) in [4.78, 5) is 22.7. The van der Waals surface area contributed by atoms with Crippen LogP contribution in [0.2, 0.25) is 0 Å². The van der Waals surface area contributed by atoms with Crippen molar-refractivity contribution >= 4 is 49.7 Å². The maximum Gasteiger partial charge on any atom is 0.253 e. The molecule has 0 unspecified atom stereocenters. The molecule has 35 heavy (non-hydrogen) atoms. The standard InChI is InChI=1S/C23H24N6O4S2/c1-25-23(31)18-11-16(35(32,33)29-8-9-30)4-6-20(18)26-12-15-3-7-21(34-15)14-2-5-19-17(10-14)22(24)28-13-27-19/h2-7,10-11,13,26,29-30H,8-9,12H2,1H3,(H,25,31)(H2,24,27,28). The highest BCUT2D eigenvalue weighted by molar-refractivity contribution is 7.89. The maximum atomic E-state index is 12.4. The van der Waals surface area contributed by atoms with Crippen LogP contribution in [0.15, 0.2) is 59.8 Å². The van der Waals surface area contributed by atoms with Gasteiger partial charge in [0.25, 0.3) is 5.91 Å². The number of anilines is 2. The van der Waals surface area contributed by atoms with Gasteiger partial charge < -0.3 is 21.5 Å². The average Bonchev–Trinajstić information content (AvgIpc) is 3.35. The van der Waals surface area contributed by atoms with Crippen LogP contribution in [0.4, 0.5) is 11.5 Å². The van der Waals surface area contributed by atoms with E-state index in [1.54, 1.807) is 17.4 Å². The first-order chi connectivity index (χ1) is 16.8. The predicted octanol–water partition coefficient (Wildman–Crippen LogP) is 2.18. The minimum absolute atomic E-state index is 0.0620. The number of nitrogen functional groups attached to an aromatic ring is 1. The number of rotatable bonds is 9. The van der Waals surface area contributed by atoms with Crippen molar-refractivity contribution in [3.8, 4) is 10.4 Å². The number of benzene rings is 2. The van der Waals surface area contributed by atoms with Gasteiger partial charge in [0.05, 0.1) is 22.6 Å². The van der Waals surface area contributed by atoms with E-state index < -0.39 is 15.9 Å². The molecule has 4 aromatic rings. The number of amides is 1. The summed E-state index contributed by atoms with van der Waals surface area (Å²) in [6.45, 7) is -0.0120. The first kappa shape index (κ1) is 24.5. The SMILES string of the molecule is CNC(=O)c1cc(S(=O)(=O)NCCO)ccc1NCc1ccc(-c2ccc3ncnc(N)c3c2)s1. The summed E-state index contributed by atoms with van der Waals surface area (Å²) in [6, 6.07) is 14.1. The zero-order valence-electron chi connectivity index (χ0n) is 18.8. The minimum Gasteiger partial charge on any atom is -0.395 e. The Hall–Kier alpha value is -3.58. The molecule has 0 aliphatic carbocycles. The van der Waals surface area contributed by atoms with Crippen molar-refractivity contribution in [1.82, 2.24) is 20.0 Å². The lowest BCUT2D eigenvalue weighted by Gasteiger charge is -2.13. The third-order valence-electron chi connectivity index (χ3n) is 5.24. The molecule has 2 heterocycles. The Kier molecular flexibility index (Phi) is 7.26.